The standard InChI is InChI=1S/C11H15NOS/c13-7-11(3-4-11)5-9-6-14-10(12-9)8-1-2-8/h6,8,13H,1-5,7H2. The Morgan fingerprint density at radius 1 is 1.50 bits per heavy atom. The third-order valence-electron chi connectivity index (χ3n) is 3.34. The van der Waals surface area contributed by atoms with Crippen LogP contribution in [0.3, 0.4) is 0 Å². The van der Waals surface area contributed by atoms with Crippen LogP contribution < -0.4 is 0 Å². The molecule has 0 spiro atoms. The van der Waals surface area contributed by atoms with E-state index in [1.54, 1.807) is 11.3 Å². The van der Waals surface area contributed by atoms with Crippen LogP contribution in [0.1, 0.15) is 42.3 Å². The van der Waals surface area contributed by atoms with Crippen molar-refractivity contribution in [2.24, 2.45) is 5.41 Å². The summed E-state index contributed by atoms with van der Waals surface area (Å²) in [4.78, 5) is 4.65. The second kappa shape index (κ2) is 3.04. The van der Waals surface area contributed by atoms with Crippen molar-refractivity contribution >= 4 is 11.3 Å². The molecule has 2 saturated carbocycles. The molecule has 0 amide bonds. The van der Waals surface area contributed by atoms with Gasteiger partial charge in [-0.2, -0.15) is 0 Å². The molecular weight excluding hydrogens is 194 g/mol. The van der Waals surface area contributed by atoms with Crippen molar-refractivity contribution in [1.82, 2.24) is 4.98 Å². The Hall–Kier alpha value is -0.410. The number of aromatic nitrogens is 1. The van der Waals surface area contributed by atoms with E-state index in [0.29, 0.717) is 6.61 Å². The summed E-state index contributed by atoms with van der Waals surface area (Å²) in [6.07, 6.45) is 6.02. The minimum Gasteiger partial charge on any atom is -0.396 e. The smallest absolute Gasteiger partial charge is 0.0959 e. The maximum Gasteiger partial charge on any atom is 0.0959 e. The van der Waals surface area contributed by atoms with Crippen LogP contribution in [0.5, 0.6) is 0 Å². The summed E-state index contributed by atoms with van der Waals surface area (Å²) in [6, 6.07) is 0. The number of nitrogens with zero attached hydrogens (tertiary/aromatic N) is 1. The molecular formula is C11H15NOS. The van der Waals surface area contributed by atoms with Crippen LogP contribution in [-0.4, -0.2) is 16.7 Å². The fourth-order valence-electron chi connectivity index (χ4n) is 1.87. The molecule has 0 aliphatic heterocycles. The highest BCUT2D eigenvalue weighted by molar-refractivity contribution is 7.09. The van der Waals surface area contributed by atoms with Gasteiger partial charge in [0, 0.05) is 17.9 Å². The molecule has 0 aromatic carbocycles. The lowest BCUT2D eigenvalue weighted by Crippen LogP contribution is -2.10. The van der Waals surface area contributed by atoms with Gasteiger partial charge in [0.05, 0.1) is 10.7 Å². The first-order chi connectivity index (χ1) is 6.81. The highest BCUT2D eigenvalue weighted by atomic mass is 32.1. The van der Waals surface area contributed by atoms with Gasteiger partial charge < -0.3 is 5.11 Å². The van der Waals surface area contributed by atoms with E-state index in [1.165, 1.54) is 36.4 Å². The van der Waals surface area contributed by atoms with Gasteiger partial charge in [-0.1, -0.05) is 0 Å². The zero-order chi connectivity index (χ0) is 9.60. The van der Waals surface area contributed by atoms with Crippen molar-refractivity contribution in [3.8, 4) is 0 Å². The van der Waals surface area contributed by atoms with Crippen molar-refractivity contribution < 1.29 is 5.11 Å². The number of aliphatic hydroxyl groups excluding tert-OH is 1. The summed E-state index contributed by atoms with van der Waals surface area (Å²) in [5.41, 5.74) is 1.43. The van der Waals surface area contributed by atoms with Crippen molar-refractivity contribution in [3.05, 3.63) is 16.1 Å². The van der Waals surface area contributed by atoms with Crippen molar-refractivity contribution in [2.45, 2.75) is 38.0 Å². The van der Waals surface area contributed by atoms with E-state index in [1.807, 2.05) is 0 Å². The van der Waals surface area contributed by atoms with Crippen LogP contribution in [-0.2, 0) is 6.42 Å². The van der Waals surface area contributed by atoms with Crippen LogP contribution >= 0.6 is 11.3 Å². The lowest BCUT2D eigenvalue weighted by atomic mass is 10.0. The Morgan fingerprint density at radius 3 is 2.86 bits per heavy atom. The minimum absolute atomic E-state index is 0.217. The van der Waals surface area contributed by atoms with E-state index in [-0.39, 0.29) is 5.41 Å². The summed E-state index contributed by atoms with van der Waals surface area (Å²) in [5.74, 6) is 0.776. The van der Waals surface area contributed by atoms with E-state index < -0.39 is 0 Å². The Labute approximate surface area is 88.0 Å². The first-order valence-corrected chi connectivity index (χ1v) is 6.24. The van der Waals surface area contributed by atoms with Gasteiger partial charge in [-0.3, -0.25) is 0 Å². The van der Waals surface area contributed by atoms with Crippen LogP contribution in [0.25, 0.3) is 0 Å². The van der Waals surface area contributed by atoms with Crippen molar-refractivity contribution in [1.29, 1.82) is 0 Å². The summed E-state index contributed by atoms with van der Waals surface area (Å²) >= 11 is 1.81. The molecule has 0 radical (unpaired) electrons. The second-order valence-electron chi connectivity index (χ2n) is 4.79. The molecule has 14 heavy (non-hydrogen) atoms. The quantitative estimate of drug-likeness (QED) is 0.825. The van der Waals surface area contributed by atoms with E-state index >= 15 is 0 Å². The zero-order valence-electron chi connectivity index (χ0n) is 8.20. The topological polar surface area (TPSA) is 33.1 Å². The average molecular weight is 209 g/mol. The summed E-state index contributed by atoms with van der Waals surface area (Å²) in [5, 5.41) is 12.7. The monoisotopic (exact) mass is 209 g/mol. The first kappa shape index (κ1) is 8.86. The third kappa shape index (κ3) is 1.59. The van der Waals surface area contributed by atoms with Gasteiger partial charge in [0.1, 0.15) is 0 Å². The largest absolute Gasteiger partial charge is 0.396 e. The van der Waals surface area contributed by atoms with Gasteiger partial charge in [0.2, 0.25) is 0 Å². The number of hydrogen-bond acceptors (Lipinski definition) is 3. The SMILES string of the molecule is OCC1(Cc2csc(C3CC3)n2)CC1. The summed E-state index contributed by atoms with van der Waals surface area (Å²) in [7, 11) is 0. The summed E-state index contributed by atoms with van der Waals surface area (Å²) in [6.45, 7) is 0.337. The van der Waals surface area contributed by atoms with Gasteiger partial charge in [-0.25, -0.2) is 4.98 Å². The van der Waals surface area contributed by atoms with Gasteiger partial charge >= 0.3 is 0 Å². The molecule has 3 heteroatoms. The van der Waals surface area contributed by atoms with E-state index in [4.69, 9.17) is 0 Å². The molecule has 1 aromatic rings. The van der Waals surface area contributed by atoms with Crippen LogP contribution in [0, 0.1) is 5.41 Å². The Morgan fingerprint density at radius 2 is 2.29 bits per heavy atom. The van der Waals surface area contributed by atoms with Crippen molar-refractivity contribution in [2.75, 3.05) is 6.61 Å². The van der Waals surface area contributed by atoms with Crippen LogP contribution in [0.2, 0.25) is 0 Å². The molecule has 1 N–H and O–H groups in total. The fourth-order valence-corrected chi connectivity index (χ4v) is 2.86. The van der Waals surface area contributed by atoms with Gasteiger partial charge in [-0.05, 0) is 37.5 Å². The normalized spacial score (nSPS) is 23.8. The second-order valence-corrected chi connectivity index (χ2v) is 5.68. The Balaban J connectivity index is 1.70. The average Bonchev–Trinajstić information content (AvgIpc) is 3.09. The Kier molecular flexibility index (Phi) is 1.92. The number of rotatable bonds is 4. The van der Waals surface area contributed by atoms with E-state index in [2.05, 4.69) is 10.4 Å². The van der Waals surface area contributed by atoms with Crippen LogP contribution in [0.15, 0.2) is 5.38 Å². The Bertz CT molecular complexity index is 339. The molecule has 2 fully saturated rings. The van der Waals surface area contributed by atoms with Gasteiger partial charge in [-0.15, -0.1) is 11.3 Å². The molecule has 0 bridgehead atoms. The molecule has 3 rings (SSSR count). The van der Waals surface area contributed by atoms with E-state index in [0.717, 1.165) is 12.3 Å². The maximum atomic E-state index is 9.22. The van der Waals surface area contributed by atoms with Gasteiger partial charge in [0.25, 0.3) is 0 Å². The predicted octanol–water partition coefficient (Wildman–Crippen LogP) is 2.34. The van der Waals surface area contributed by atoms with Gasteiger partial charge in [0.15, 0.2) is 0 Å². The molecule has 1 aromatic heterocycles. The molecule has 2 aliphatic carbocycles. The maximum absolute atomic E-state index is 9.22. The minimum atomic E-state index is 0.217. The lowest BCUT2D eigenvalue weighted by molar-refractivity contribution is 0.210. The number of thiazole rings is 1. The molecule has 0 atom stereocenters. The van der Waals surface area contributed by atoms with Crippen LogP contribution in [0.4, 0.5) is 0 Å². The molecule has 1 heterocycles. The molecule has 2 nitrogen and oxygen atoms in total. The predicted molar refractivity (Wildman–Crippen MR) is 56.5 cm³/mol. The molecule has 0 unspecified atom stereocenters. The van der Waals surface area contributed by atoms with E-state index in [9.17, 15) is 5.11 Å². The lowest BCUT2D eigenvalue weighted by Gasteiger charge is -2.07. The molecule has 2 aliphatic rings. The fraction of sp³-hybridized carbons (Fsp3) is 0.727. The third-order valence-corrected chi connectivity index (χ3v) is 4.40. The highest BCUT2D eigenvalue weighted by Crippen LogP contribution is 2.48. The highest BCUT2D eigenvalue weighted by Gasteiger charge is 2.42. The summed E-state index contributed by atoms with van der Waals surface area (Å²) < 4.78 is 0. The molecule has 0 saturated heterocycles. The number of aliphatic hydroxyl groups is 1. The first-order valence-electron chi connectivity index (χ1n) is 5.36. The molecule has 76 valence electrons. The van der Waals surface area contributed by atoms with Crippen molar-refractivity contribution in [3.63, 3.8) is 0 Å². The zero-order valence-corrected chi connectivity index (χ0v) is 9.02. The number of hydrogen-bond donors (Lipinski definition) is 1.